The highest BCUT2D eigenvalue weighted by Crippen LogP contribution is 2.60. The molecule has 3 nitrogen and oxygen atoms in total. The molecule has 0 amide bonds. The van der Waals surface area contributed by atoms with E-state index in [1.54, 1.807) is 11.1 Å². The fraction of sp³-hybridized carbons (Fsp3) is 0.714. The summed E-state index contributed by atoms with van der Waals surface area (Å²) in [5, 5.41) is 0. The minimum atomic E-state index is -0.202. The largest absolute Gasteiger partial charge is 0.466 e. The van der Waals surface area contributed by atoms with Gasteiger partial charge in [-0.25, -0.2) is 0 Å². The average molecular weight is 330 g/mol. The Morgan fingerprint density at radius 3 is 2.75 bits per heavy atom. The van der Waals surface area contributed by atoms with Crippen LogP contribution in [0.2, 0.25) is 0 Å². The molecule has 0 aliphatic heterocycles. The van der Waals surface area contributed by atoms with Crippen LogP contribution in [-0.2, 0) is 14.3 Å². The highest BCUT2D eigenvalue weighted by molar-refractivity contribution is 5.87. The number of hydrogen-bond donors (Lipinski definition) is 0. The molecular formula is C21H30O3. The highest BCUT2D eigenvalue weighted by Gasteiger charge is 2.54. The van der Waals surface area contributed by atoms with Gasteiger partial charge in [0.1, 0.15) is 5.78 Å². The van der Waals surface area contributed by atoms with Crippen molar-refractivity contribution < 1.29 is 14.3 Å². The summed E-state index contributed by atoms with van der Waals surface area (Å²) in [5.74, 6) is 1.84. The molecule has 0 aromatic rings. The Bertz CT molecular complexity index is 600. The van der Waals surface area contributed by atoms with Crippen molar-refractivity contribution in [2.75, 3.05) is 6.61 Å². The Morgan fingerprint density at radius 2 is 2.08 bits per heavy atom. The summed E-state index contributed by atoms with van der Waals surface area (Å²) in [6.45, 7) is 10.5. The second kappa shape index (κ2) is 6.50. The third kappa shape index (κ3) is 2.87. The molecule has 0 heterocycles. The van der Waals surface area contributed by atoms with Crippen molar-refractivity contribution >= 4 is 11.8 Å². The predicted molar refractivity (Wildman–Crippen MR) is 94.4 cm³/mol. The molecule has 3 heteroatoms. The van der Waals surface area contributed by atoms with E-state index >= 15 is 0 Å². The lowest BCUT2D eigenvalue weighted by Crippen LogP contribution is -2.37. The van der Waals surface area contributed by atoms with E-state index in [1.807, 2.05) is 0 Å². The van der Waals surface area contributed by atoms with Crippen LogP contribution in [0, 0.1) is 23.2 Å². The fourth-order valence-corrected chi connectivity index (χ4v) is 5.53. The molecule has 3 aliphatic rings. The third-order valence-corrected chi connectivity index (χ3v) is 6.80. The molecule has 0 spiro atoms. The Balaban J connectivity index is 1.79. The number of allylic oxidation sites excluding steroid dienone is 3. The summed E-state index contributed by atoms with van der Waals surface area (Å²) in [6, 6.07) is 0. The van der Waals surface area contributed by atoms with Crippen LogP contribution in [0.1, 0.15) is 65.7 Å². The summed E-state index contributed by atoms with van der Waals surface area (Å²) in [4.78, 5) is 23.4. The number of carbonyl (C=O) groups excluding carboxylic acids is 2. The van der Waals surface area contributed by atoms with Gasteiger partial charge >= 0.3 is 5.97 Å². The quantitative estimate of drug-likeness (QED) is 0.420. The fourth-order valence-electron chi connectivity index (χ4n) is 5.53. The molecule has 0 saturated heterocycles. The molecule has 2 fully saturated rings. The lowest BCUT2D eigenvalue weighted by molar-refractivity contribution is -0.141. The van der Waals surface area contributed by atoms with E-state index in [-0.39, 0.29) is 11.4 Å². The van der Waals surface area contributed by atoms with Crippen molar-refractivity contribution in [1.82, 2.24) is 0 Å². The van der Waals surface area contributed by atoms with Crippen molar-refractivity contribution in [3.8, 4) is 0 Å². The first-order chi connectivity index (χ1) is 11.3. The van der Waals surface area contributed by atoms with Gasteiger partial charge in [-0.05, 0) is 57.3 Å². The molecule has 0 N–H and O–H groups in total. The maximum atomic E-state index is 12.4. The first kappa shape index (κ1) is 17.4. The van der Waals surface area contributed by atoms with Gasteiger partial charge in [0.05, 0.1) is 6.61 Å². The Kier molecular flexibility index (Phi) is 4.72. The molecule has 132 valence electrons. The molecule has 0 aromatic heterocycles. The number of ketones is 1. The van der Waals surface area contributed by atoms with Gasteiger partial charge in [0.2, 0.25) is 0 Å². The normalized spacial score (nSPS) is 35.0. The lowest BCUT2D eigenvalue weighted by Gasteiger charge is -2.41. The number of carbonyl (C=O) groups is 2. The number of Topliss-reactive ketones (excluding diaryl/α,β-unsaturated/α-hetero) is 1. The minimum Gasteiger partial charge on any atom is -0.466 e. The maximum absolute atomic E-state index is 12.4. The van der Waals surface area contributed by atoms with Gasteiger partial charge in [0, 0.05) is 24.7 Å². The smallest absolute Gasteiger partial charge is 0.302 e. The van der Waals surface area contributed by atoms with E-state index in [0.29, 0.717) is 30.1 Å². The zero-order chi connectivity index (χ0) is 17.5. The van der Waals surface area contributed by atoms with Gasteiger partial charge in [-0.2, -0.15) is 0 Å². The number of hydrogen-bond acceptors (Lipinski definition) is 3. The van der Waals surface area contributed by atoms with Gasteiger partial charge in [0.15, 0.2) is 0 Å². The molecule has 2 saturated carbocycles. The van der Waals surface area contributed by atoms with Crippen LogP contribution in [0.4, 0.5) is 0 Å². The molecule has 24 heavy (non-hydrogen) atoms. The van der Waals surface area contributed by atoms with E-state index in [2.05, 4.69) is 20.4 Å². The van der Waals surface area contributed by atoms with Gasteiger partial charge < -0.3 is 4.74 Å². The van der Waals surface area contributed by atoms with Crippen LogP contribution < -0.4 is 0 Å². The van der Waals surface area contributed by atoms with Gasteiger partial charge in [-0.15, -0.1) is 0 Å². The van der Waals surface area contributed by atoms with E-state index in [4.69, 9.17) is 4.74 Å². The zero-order valence-corrected chi connectivity index (χ0v) is 15.3. The topological polar surface area (TPSA) is 43.4 Å². The van der Waals surface area contributed by atoms with E-state index in [0.717, 1.165) is 44.9 Å². The highest BCUT2D eigenvalue weighted by atomic mass is 16.5. The summed E-state index contributed by atoms with van der Waals surface area (Å²) in [6.07, 6.45) is 6.93. The molecule has 4 atom stereocenters. The second-order valence-electron chi connectivity index (χ2n) is 8.22. The Hall–Kier alpha value is -1.38. The predicted octanol–water partition coefficient (Wildman–Crippen LogP) is 4.62. The van der Waals surface area contributed by atoms with Crippen LogP contribution >= 0.6 is 0 Å². The van der Waals surface area contributed by atoms with Crippen molar-refractivity contribution in [1.29, 1.82) is 0 Å². The minimum absolute atomic E-state index is 0.0824. The molecular weight excluding hydrogens is 300 g/mol. The third-order valence-electron chi connectivity index (χ3n) is 6.80. The van der Waals surface area contributed by atoms with Crippen molar-refractivity contribution in [3.05, 3.63) is 23.3 Å². The molecule has 3 aliphatic carbocycles. The van der Waals surface area contributed by atoms with Crippen LogP contribution in [0.5, 0.6) is 0 Å². The monoisotopic (exact) mass is 330 g/mol. The Labute approximate surface area is 145 Å². The lowest BCUT2D eigenvalue weighted by atomic mass is 9.62. The van der Waals surface area contributed by atoms with Crippen LogP contribution in [0.3, 0.4) is 0 Å². The standard InChI is InChI=1S/C21H30O3/c1-13(2)17-12-18-16(15(17)6-5-11-24-14(3)22)9-10-21(4)19(18)7-8-20(21)23/h17-19H,1,5-12H2,2-4H3. The van der Waals surface area contributed by atoms with Gasteiger partial charge in [0.25, 0.3) is 0 Å². The van der Waals surface area contributed by atoms with Crippen LogP contribution in [0.25, 0.3) is 0 Å². The molecule has 3 rings (SSSR count). The molecule has 4 unspecified atom stereocenters. The summed E-state index contributed by atoms with van der Waals surface area (Å²) in [7, 11) is 0. The number of rotatable bonds is 5. The summed E-state index contributed by atoms with van der Waals surface area (Å²) in [5.41, 5.74) is 4.32. The van der Waals surface area contributed by atoms with Crippen molar-refractivity contribution in [2.24, 2.45) is 23.2 Å². The van der Waals surface area contributed by atoms with Crippen LogP contribution in [-0.4, -0.2) is 18.4 Å². The van der Waals surface area contributed by atoms with Gasteiger partial charge in [-0.1, -0.05) is 30.2 Å². The maximum Gasteiger partial charge on any atom is 0.302 e. The molecule has 0 radical (unpaired) electrons. The van der Waals surface area contributed by atoms with Crippen molar-refractivity contribution in [2.45, 2.75) is 65.7 Å². The summed E-state index contributed by atoms with van der Waals surface area (Å²) >= 11 is 0. The first-order valence-corrected chi connectivity index (χ1v) is 9.38. The average Bonchev–Trinajstić information content (AvgIpc) is 3.02. The van der Waals surface area contributed by atoms with Crippen molar-refractivity contribution in [3.63, 3.8) is 0 Å². The second-order valence-corrected chi connectivity index (χ2v) is 8.22. The first-order valence-electron chi connectivity index (χ1n) is 9.38. The Morgan fingerprint density at radius 1 is 1.33 bits per heavy atom. The van der Waals surface area contributed by atoms with E-state index < -0.39 is 0 Å². The van der Waals surface area contributed by atoms with E-state index in [1.165, 1.54) is 12.5 Å². The van der Waals surface area contributed by atoms with E-state index in [9.17, 15) is 9.59 Å². The number of esters is 1. The van der Waals surface area contributed by atoms with Crippen LogP contribution in [0.15, 0.2) is 23.3 Å². The summed E-state index contributed by atoms with van der Waals surface area (Å²) < 4.78 is 5.10. The molecule has 0 bridgehead atoms. The number of ether oxygens (including phenoxy) is 1. The SMILES string of the molecule is C=C(C)C1CC2C(=C1CCCOC(C)=O)CCC1(C)C(=O)CCC21. The zero-order valence-electron chi connectivity index (χ0n) is 15.3. The molecule has 0 aromatic carbocycles. The number of fused-ring (bicyclic) bond motifs is 3. The van der Waals surface area contributed by atoms with Gasteiger partial charge in [-0.3, -0.25) is 9.59 Å².